The molecule has 8 nitrogen and oxygen atoms in total. The van der Waals surface area contributed by atoms with Crippen LogP contribution in [0.5, 0.6) is 5.75 Å². The Kier molecular flexibility index (Phi) is 6.59. The molecule has 174 valence electrons. The Hall–Kier alpha value is -3.47. The molecule has 0 radical (unpaired) electrons. The predicted octanol–water partition coefficient (Wildman–Crippen LogP) is 4.28. The SMILES string of the molecule is COc1cc(Nc2nc(COCC(F)(F)F)cc(N3CCC3)n2)ccc1-c1cnnc(C)c1. The van der Waals surface area contributed by atoms with Crippen LogP contribution >= 0.6 is 0 Å². The summed E-state index contributed by atoms with van der Waals surface area (Å²) in [6, 6.07) is 9.08. The summed E-state index contributed by atoms with van der Waals surface area (Å²) < 4.78 is 47.7. The number of halogens is 3. The summed E-state index contributed by atoms with van der Waals surface area (Å²) in [7, 11) is 1.57. The van der Waals surface area contributed by atoms with Crippen LogP contribution in [0.4, 0.5) is 30.6 Å². The third-order valence-corrected chi connectivity index (χ3v) is 5.01. The third kappa shape index (κ3) is 5.86. The molecule has 1 aliphatic heterocycles. The van der Waals surface area contributed by atoms with Crippen LogP contribution in [-0.4, -0.2) is 53.1 Å². The number of aryl methyl sites for hydroxylation is 1. The van der Waals surface area contributed by atoms with Gasteiger partial charge in [-0.25, -0.2) is 4.98 Å². The van der Waals surface area contributed by atoms with Crippen molar-refractivity contribution in [2.24, 2.45) is 0 Å². The molecule has 0 saturated carbocycles. The topological polar surface area (TPSA) is 85.3 Å². The summed E-state index contributed by atoms with van der Waals surface area (Å²) in [5, 5.41) is 11.1. The molecule has 33 heavy (non-hydrogen) atoms. The largest absolute Gasteiger partial charge is 0.496 e. The average Bonchev–Trinajstić information content (AvgIpc) is 2.71. The van der Waals surface area contributed by atoms with Crippen LogP contribution in [0.3, 0.4) is 0 Å². The van der Waals surface area contributed by atoms with Crippen LogP contribution < -0.4 is 15.0 Å². The predicted molar refractivity (Wildman–Crippen MR) is 117 cm³/mol. The van der Waals surface area contributed by atoms with Crippen LogP contribution in [-0.2, 0) is 11.3 Å². The van der Waals surface area contributed by atoms with Gasteiger partial charge in [0, 0.05) is 42.0 Å². The van der Waals surface area contributed by atoms with Gasteiger partial charge in [0.1, 0.15) is 18.2 Å². The van der Waals surface area contributed by atoms with Crippen molar-refractivity contribution in [1.29, 1.82) is 0 Å². The van der Waals surface area contributed by atoms with Gasteiger partial charge in [-0.3, -0.25) is 0 Å². The first-order valence-corrected chi connectivity index (χ1v) is 10.3. The molecule has 1 N–H and O–H groups in total. The third-order valence-electron chi connectivity index (χ3n) is 5.01. The van der Waals surface area contributed by atoms with Gasteiger partial charge in [-0.1, -0.05) is 0 Å². The zero-order valence-corrected chi connectivity index (χ0v) is 18.2. The molecule has 0 amide bonds. The van der Waals surface area contributed by atoms with Gasteiger partial charge in [0.2, 0.25) is 5.95 Å². The van der Waals surface area contributed by atoms with Gasteiger partial charge >= 0.3 is 6.18 Å². The van der Waals surface area contributed by atoms with Crippen molar-refractivity contribution in [1.82, 2.24) is 20.2 Å². The van der Waals surface area contributed by atoms with Gasteiger partial charge in [0.15, 0.2) is 0 Å². The molecule has 2 aromatic heterocycles. The zero-order valence-electron chi connectivity index (χ0n) is 18.2. The number of ether oxygens (including phenoxy) is 2. The molecule has 0 spiro atoms. The summed E-state index contributed by atoms with van der Waals surface area (Å²) in [4.78, 5) is 10.9. The Morgan fingerprint density at radius 1 is 1.12 bits per heavy atom. The highest BCUT2D eigenvalue weighted by Gasteiger charge is 2.27. The lowest BCUT2D eigenvalue weighted by Gasteiger charge is -2.32. The first-order chi connectivity index (χ1) is 15.8. The molecule has 0 bridgehead atoms. The second-order valence-electron chi connectivity index (χ2n) is 7.62. The van der Waals surface area contributed by atoms with Crippen molar-refractivity contribution >= 4 is 17.5 Å². The second kappa shape index (κ2) is 9.57. The fraction of sp³-hybridized carbons (Fsp3) is 0.364. The molecular formula is C22H23F3N6O2. The number of hydrogen-bond acceptors (Lipinski definition) is 8. The number of benzene rings is 1. The van der Waals surface area contributed by atoms with Crippen LogP contribution in [0.2, 0.25) is 0 Å². The Morgan fingerprint density at radius 2 is 1.94 bits per heavy atom. The van der Waals surface area contributed by atoms with E-state index in [9.17, 15) is 13.2 Å². The molecule has 1 saturated heterocycles. The van der Waals surface area contributed by atoms with E-state index in [1.54, 1.807) is 25.4 Å². The summed E-state index contributed by atoms with van der Waals surface area (Å²) >= 11 is 0. The van der Waals surface area contributed by atoms with Crippen LogP contribution in [0.25, 0.3) is 11.1 Å². The first-order valence-electron chi connectivity index (χ1n) is 10.3. The maximum Gasteiger partial charge on any atom is 0.411 e. The maximum atomic E-state index is 12.4. The van der Waals surface area contributed by atoms with E-state index in [2.05, 4.69) is 25.5 Å². The van der Waals surface area contributed by atoms with Crippen LogP contribution in [0.15, 0.2) is 36.5 Å². The molecule has 0 aliphatic carbocycles. The number of hydrogen-bond donors (Lipinski definition) is 1. The van der Waals surface area contributed by atoms with Gasteiger partial charge < -0.3 is 19.7 Å². The molecule has 3 heterocycles. The summed E-state index contributed by atoms with van der Waals surface area (Å²) in [6.07, 6.45) is -1.70. The van der Waals surface area contributed by atoms with Crippen molar-refractivity contribution in [3.63, 3.8) is 0 Å². The van der Waals surface area contributed by atoms with E-state index in [0.29, 0.717) is 22.9 Å². The van der Waals surface area contributed by atoms with E-state index in [-0.39, 0.29) is 12.6 Å². The zero-order chi connectivity index (χ0) is 23.4. The van der Waals surface area contributed by atoms with Gasteiger partial charge in [0.25, 0.3) is 0 Å². The number of nitrogens with one attached hydrogen (secondary N) is 1. The first kappa shape index (κ1) is 22.7. The lowest BCUT2D eigenvalue weighted by molar-refractivity contribution is -0.176. The quantitative estimate of drug-likeness (QED) is 0.533. The molecule has 4 rings (SSSR count). The summed E-state index contributed by atoms with van der Waals surface area (Å²) in [6.45, 7) is 1.93. The fourth-order valence-electron chi connectivity index (χ4n) is 3.35. The molecule has 11 heteroatoms. The maximum absolute atomic E-state index is 12.4. The van der Waals surface area contributed by atoms with Gasteiger partial charge in [-0.05, 0) is 31.5 Å². The fourth-order valence-corrected chi connectivity index (χ4v) is 3.35. The Balaban J connectivity index is 1.57. The van der Waals surface area contributed by atoms with Crippen molar-refractivity contribution in [2.45, 2.75) is 26.1 Å². The highest BCUT2D eigenvalue weighted by atomic mass is 19.4. The number of anilines is 3. The van der Waals surface area contributed by atoms with E-state index in [1.807, 2.05) is 30.0 Å². The van der Waals surface area contributed by atoms with Crippen molar-refractivity contribution in [3.05, 3.63) is 47.9 Å². The molecule has 0 atom stereocenters. The number of nitrogens with zero attached hydrogens (tertiary/aromatic N) is 5. The second-order valence-corrected chi connectivity index (χ2v) is 7.62. The minimum Gasteiger partial charge on any atom is -0.496 e. The van der Waals surface area contributed by atoms with Crippen LogP contribution in [0.1, 0.15) is 17.8 Å². The van der Waals surface area contributed by atoms with Gasteiger partial charge in [0.05, 0.1) is 31.3 Å². The number of aromatic nitrogens is 4. The Labute approximate surface area is 188 Å². The molecule has 1 aliphatic rings. The lowest BCUT2D eigenvalue weighted by atomic mass is 10.1. The number of rotatable bonds is 8. The van der Waals surface area contributed by atoms with Crippen molar-refractivity contribution in [2.75, 3.05) is 37.0 Å². The standard InChI is InChI=1S/C22H23F3N6O2/c1-14-8-15(11-26-30-14)18-5-4-16(9-19(18)32-2)27-21-28-17(12-33-13-22(23,24)25)10-20(29-21)31-6-3-7-31/h4-5,8-11H,3,6-7,12-13H2,1-2H3,(H,27,28,29). The van der Waals surface area contributed by atoms with Gasteiger partial charge in [-0.2, -0.15) is 28.4 Å². The number of alkyl halides is 3. The normalized spacial score (nSPS) is 13.5. The van der Waals surface area contributed by atoms with E-state index >= 15 is 0 Å². The minimum atomic E-state index is -4.39. The monoisotopic (exact) mass is 460 g/mol. The van der Waals surface area contributed by atoms with E-state index in [4.69, 9.17) is 9.47 Å². The van der Waals surface area contributed by atoms with E-state index in [1.165, 1.54) is 0 Å². The molecule has 1 fully saturated rings. The smallest absolute Gasteiger partial charge is 0.411 e. The molecule has 3 aromatic rings. The van der Waals surface area contributed by atoms with E-state index in [0.717, 1.165) is 36.3 Å². The van der Waals surface area contributed by atoms with Gasteiger partial charge in [-0.15, -0.1) is 0 Å². The Bertz CT molecular complexity index is 1120. The Morgan fingerprint density at radius 3 is 2.61 bits per heavy atom. The van der Waals surface area contributed by atoms with Crippen molar-refractivity contribution in [3.8, 4) is 16.9 Å². The summed E-state index contributed by atoms with van der Waals surface area (Å²) in [5.74, 6) is 1.52. The van der Waals surface area contributed by atoms with Crippen molar-refractivity contribution < 1.29 is 22.6 Å². The number of methoxy groups -OCH3 is 1. The highest BCUT2D eigenvalue weighted by Crippen LogP contribution is 2.33. The lowest BCUT2D eigenvalue weighted by Crippen LogP contribution is -2.37. The highest BCUT2D eigenvalue weighted by molar-refractivity contribution is 5.74. The molecule has 0 unspecified atom stereocenters. The average molecular weight is 460 g/mol. The summed E-state index contributed by atoms with van der Waals surface area (Å²) in [5.41, 5.74) is 3.52. The van der Waals surface area contributed by atoms with E-state index < -0.39 is 12.8 Å². The van der Waals surface area contributed by atoms with Crippen LogP contribution in [0, 0.1) is 6.92 Å². The molecule has 1 aromatic carbocycles. The molecular weight excluding hydrogens is 437 g/mol. The minimum absolute atomic E-state index is 0.265.